The molecule has 1 fully saturated rings. The zero-order valence-corrected chi connectivity index (χ0v) is 11.3. The van der Waals surface area contributed by atoms with Gasteiger partial charge in [0.1, 0.15) is 5.54 Å². The zero-order chi connectivity index (χ0) is 13.6. The number of carboxylic acid groups (broad SMARTS) is 1. The highest BCUT2D eigenvalue weighted by Gasteiger charge is 2.48. The second kappa shape index (κ2) is 6.73. The Labute approximate surface area is 108 Å². The molecule has 0 radical (unpaired) electrons. The molecule has 1 aliphatic rings. The Morgan fingerprint density at radius 1 is 1.39 bits per heavy atom. The van der Waals surface area contributed by atoms with Crippen molar-refractivity contribution in [1.82, 2.24) is 4.90 Å². The van der Waals surface area contributed by atoms with E-state index in [0.717, 1.165) is 12.8 Å². The number of ether oxygens (including phenoxy) is 1. The molecular formula is C13H23NO4. The van der Waals surface area contributed by atoms with Crippen LogP contribution in [0.1, 0.15) is 46.0 Å². The predicted octanol–water partition coefficient (Wildman–Crippen LogP) is 1.66. The molecule has 0 spiro atoms. The van der Waals surface area contributed by atoms with Crippen molar-refractivity contribution in [2.45, 2.75) is 51.5 Å². The lowest BCUT2D eigenvalue weighted by Crippen LogP contribution is -2.53. The van der Waals surface area contributed by atoms with Crippen LogP contribution in [-0.4, -0.2) is 47.2 Å². The number of rotatable bonds is 7. The largest absolute Gasteiger partial charge is 0.479 e. The molecule has 5 nitrogen and oxygen atoms in total. The number of carboxylic acids is 1. The van der Waals surface area contributed by atoms with E-state index in [1.165, 1.54) is 0 Å². The fraction of sp³-hybridized carbons (Fsp3) is 0.846. The van der Waals surface area contributed by atoms with Crippen LogP contribution in [0, 0.1) is 0 Å². The van der Waals surface area contributed by atoms with Gasteiger partial charge in [-0.15, -0.1) is 0 Å². The Morgan fingerprint density at radius 3 is 2.67 bits per heavy atom. The summed E-state index contributed by atoms with van der Waals surface area (Å²) < 4.78 is 5.16. The minimum Gasteiger partial charge on any atom is -0.479 e. The smallest absolute Gasteiger partial charge is 0.329 e. The first-order valence-corrected chi connectivity index (χ1v) is 6.70. The molecule has 0 aromatic carbocycles. The maximum Gasteiger partial charge on any atom is 0.329 e. The molecule has 1 unspecified atom stereocenters. The number of amides is 1. The first-order chi connectivity index (χ1) is 8.58. The standard InChI is InChI=1S/C13H23NO4/c1-3-7-13(12(16)17)8-5-9-14(13)11(15)6-10-18-4-2/h3-10H2,1-2H3,(H,16,17). The summed E-state index contributed by atoms with van der Waals surface area (Å²) in [4.78, 5) is 25.2. The van der Waals surface area contributed by atoms with E-state index in [-0.39, 0.29) is 12.3 Å². The van der Waals surface area contributed by atoms with Gasteiger partial charge in [0.05, 0.1) is 13.0 Å². The van der Waals surface area contributed by atoms with Crippen LogP contribution >= 0.6 is 0 Å². The Bertz CT molecular complexity index is 305. The van der Waals surface area contributed by atoms with Crippen molar-refractivity contribution >= 4 is 11.9 Å². The van der Waals surface area contributed by atoms with Crippen LogP contribution in [0.4, 0.5) is 0 Å². The van der Waals surface area contributed by atoms with E-state index in [2.05, 4.69) is 0 Å². The average molecular weight is 257 g/mol. The van der Waals surface area contributed by atoms with Crippen molar-refractivity contribution in [1.29, 1.82) is 0 Å². The predicted molar refractivity (Wildman–Crippen MR) is 67.3 cm³/mol. The van der Waals surface area contributed by atoms with Gasteiger partial charge >= 0.3 is 5.97 Å². The molecule has 1 heterocycles. The number of hydrogen-bond donors (Lipinski definition) is 1. The monoisotopic (exact) mass is 257 g/mol. The summed E-state index contributed by atoms with van der Waals surface area (Å²) >= 11 is 0. The minimum atomic E-state index is -0.974. The molecule has 1 rings (SSSR count). The minimum absolute atomic E-state index is 0.100. The van der Waals surface area contributed by atoms with E-state index in [9.17, 15) is 14.7 Å². The molecule has 0 saturated carbocycles. The van der Waals surface area contributed by atoms with Gasteiger partial charge in [0.25, 0.3) is 0 Å². The van der Waals surface area contributed by atoms with Gasteiger partial charge in [0, 0.05) is 13.2 Å². The van der Waals surface area contributed by atoms with Gasteiger partial charge in [0.2, 0.25) is 5.91 Å². The fourth-order valence-electron chi connectivity index (χ4n) is 2.68. The van der Waals surface area contributed by atoms with Crippen LogP contribution in [0.15, 0.2) is 0 Å². The van der Waals surface area contributed by atoms with Crippen molar-refractivity contribution in [2.24, 2.45) is 0 Å². The molecule has 1 atom stereocenters. The van der Waals surface area contributed by atoms with Gasteiger partial charge in [-0.2, -0.15) is 0 Å². The highest BCUT2D eigenvalue weighted by atomic mass is 16.5. The Kier molecular flexibility index (Phi) is 5.59. The molecular weight excluding hydrogens is 234 g/mol. The van der Waals surface area contributed by atoms with Gasteiger partial charge in [-0.3, -0.25) is 4.79 Å². The topological polar surface area (TPSA) is 66.8 Å². The molecule has 0 aromatic heterocycles. The molecule has 0 bridgehead atoms. The SMILES string of the molecule is CCCC1(C(=O)O)CCCN1C(=O)CCOCC. The molecule has 1 saturated heterocycles. The van der Waals surface area contributed by atoms with Crippen molar-refractivity contribution < 1.29 is 19.4 Å². The second-order valence-electron chi connectivity index (χ2n) is 4.68. The summed E-state index contributed by atoms with van der Waals surface area (Å²) in [6.07, 6.45) is 2.90. The maximum absolute atomic E-state index is 12.1. The third kappa shape index (κ3) is 3.02. The lowest BCUT2D eigenvalue weighted by Gasteiger charge is -2.34. The Morgan fingerprint density at radius 2 is 2.11 bits per heavy atom. The summed E-state index contributed by atoms with van der Waals surface area (Å²) in [5.41, 5.74) is -0.974. The van der Waals surface area contributed by atoms with Crippen molar-refractivity contribution in [2.75, 3.05) is 19.8 Å². The van der Waals surface area contributed by atoms with E-state index in [0.29, 0.717) is 32.6 Å². The van der Waals surface area contributed by atoms with Crippen LogP contribution in [-0.2, 0) is 14.3 Å². The van der Waals surface area contributed by atoms with E-state index in [1.54, 1.807) is 4.90 Å². The number of hydrogen-bond acceptors (Lipinski definition) is 3. The molecule has 1 aliphatic heterocycles. The second-order valence-corrected chi connectivity index (χ2v) is 4.68. The zero-order valence-electron chi connectivity index (χ0n) is 11.3. The highest BCUT2D eigenvalue weighted by Crippen LogP contribution is 2.34. The third-order valence-corrected chi connectivity index (χ3v) is 3.52. The normalized spacial score (nSPS) is 23.3. The van der Waals surface area contributed by atoms with Crippen LogP contribution in [0.2, 0.25) is 0 Å². The summed E-state index contributed by atoms with van der Waals surface area (Å²) in [5.74, 6) is -0.969. The van der Waals surface area contributed by atoms with Gasteiger partial charge in [-0.25, -0.2) is 4.79 Å². The molecule has 1 amide bonds. The first kappa shape index (κ1) is 15.0. The van der Waals surface area contributed by atoms with Crippen molar-refractivity contribution in [3.8, 4) is 0 Å². The van der Waals surface area contributed by atoms with Crippen LogP contribution in [0.5, 0.6) is 0 Å². The van der Waals surface area contributed by atoms with Gasteiger partial charge < -0.3 is 14.7 Å². The van der Waals surface area contributed by atoms with E-state index in [4.69, 9.17) is 4.74 Å². The molecule has 0 aromatic rings. The Balaban J connectivity index is 2.72. The third-order valence-electron chi connectivity index (χ3n) is 3.52. The van der Waals surface area contributed by atoms with E-state index in [1.807, 2.05) is 13.8 Å². The molecule has 104 valence electrons. The molecule has 18 heavy (non-hydrogen) atoms. The number of aliphatic carboxylic acids is 1. The summed E-state index contributed by atoms with van der Waals surface area (Å²) in [7, 11) is 0. The van der Waals surface area contributed by atoms with E-state index >= 15 is 0 Å². The highest BCUT2D eigenvalue weighted by molar-refractivity contribution is 5.87. The van der Waals surface area contributed by atoms with Crippen molar-refractivity contribution in [3.63, 3.8) is 0 Å². The summed E-state index contributed by atoms with van der Waals surface area (Å²) in [6, 6.07) is 0. The molecule has 0 aliphatic carbocycles. The van der Waals surface area contributed by atoms with Gasteiger partial charge in [-0.1, -0.05) is 13.3 Å². The Hall–Kier alpha value is -1.10. The lowest BCUT2D eigenvalue weighted by atomic mass is 9.90. The van der Waals surface area contributed by atoms with E-state index < -0.39 is 11.5 Å². The number of likely N-dealkylation sites (tertiary alicyclic amines) is 1. The van der Waals surface area contributed by atoms with Gasteiger partial charge in [0.15, 0.2) is 0 Å². The number of nitrogens with zero attached hydrogens (tertiary/aromatic N) is 1. The summed E-state index contributed by atoms with van der Waals surface area (Å²) in [5, 5.41) is 9.46. The van der Waals surface area contributed by atoms with Crippen molar-refractivity contribution in [3.05, 3.63) is 0 Å². The summed E-state index contributed by atoms with van der Waals surface area (Å²) in [6.45, 7) is 5.32. The van der Waals surface area contributed by atoms with Crippen LogP contribution in [0.3, 0.4) is 0 Å². The van der Waals surface area contributed by atoms with Gasteiger partial charge in [-0.05, 0) is 26.2 Å². The maximum atomic E-state index is 12.1. The fourth-order valence-corrected chi connectivity index (χ4v) is 2.68. The number of carbonyl (C=O) groups excluding carboxylic acids is 1. The average Bonchev–Trinajstić information content (AvgIpc) is 2.75. The first-order valence-electron chi connectivity index (χ1n) is 6.70. The molecule has 1 N–H and O–H groups in total. The quantitative estimate of drug-likeness (QED) is 0.704. The lowest BCUT2D eigenvalue weighted by molar-refractivity contribution is -0.157. The van der Waals surface area contributed by atoms with Crippen LogP contribution < -0.4 is 0 Å². The van der Waals surface area contributed by atoms with Crippen LogP contribution in [0.25, 0.3) is 0 Å². The molecule has 5 heteroatoms. The number of carbonyl (C=O) groups is 2.